The molecule has 0 saturated carbocycles. The van der Waals surface area contributed by atoms with E-state index >= 15 is 0 Å². The zero-order valence-corrected chi connectivity index (χ0v) is 19.4. The zero-order chi connectivity index (χ0) is 23.8. The molecule has 1 atom stereocenters. The summed E-state index contributed by atoms with van der Waals surface area (Å²) in [5.74, 6) is 0.392. The highest BCUT2D eigenvalue weighted by Crippen LogP contribution is 2.19. The fourth-order valence-corrected chi connectivity index (χ4v) is 4.02. The minimum Gasteiger partial charge on any atom is -0.368 e. The number of rotatable bonds is 8. The quantitative estimate of drug-likeness (QED) is 0.544. The van der Waals surface area contributed by atoms with Crippen LogP contribution < -0.4 is 15.5 Å². The van der Waals surface area contributed by atoms with Crippen LogP contribution in [0.15, 0.2) is 72.9 Å². The number of piperazine rings is 1. The lowest BCUT2D eigenvalue weighted by atomic mass is 10.1. The maximum absolute atomic E-state index is 13.2. The van der Waals surface area contributed by atoms with Gasteiger partial charge >= 0.3 is 0 Å². The molecule has 2 aromatic carbocycles. The summed E-state index contributed by atoms with van der Waals surface area (Å²) in [5.41, 5.74) is 3.73. The predicted molar refractivity (Wildman–Crippen MR) is 135 cm³/mol. The molecule has 1 aromatic heterocycles. The van der Waals surface area contributed by atoms with Crippen LogP contribution in [0.5, 0.6) is 0 Å². The maximum atomic E-state index is 13.2. The van der Waals surface area contributed by atoms with E-state index in [2.05, 4.69) is 38.5 Å². The maximum Gasteiger partial charge on any atom is 0.247 e. The van der Waals surface area contributed by atoms with Crippen molar-refractivity contribution in [1.29, 1.82) is 5.26 Å². The lowest BCUT2D eigenvalue weighted by molar-refractivity contribution is -0.118. The van der Waals surface area contributed by atoms with Gasteiger partial charge in [0.2, 0.25) is 5.91 Å². The topological polar surface area (TPSA) is 84.3 Å². The smallest absolute Gasteiger partial charge is 0.247 e. The van der Waals surface area contributed by atoms with E-state index in [1.807, 2.05) is 72.9 Å². The Balaban J connectivity index is 1.38. The van der Waals surface area contributed by atoms with Crippen molar-refractivity contribution >= 4 is 17.4 Å². The number of pyridine rings is 1. The molecular formula is C27H30N6O. The van der Waals surface area contributed by atoms with Crippen LogP contribution in [-0.4, -0.2) is 55.6 Å². The van der Waals surface area contributed by atoms with Gasteiger partial charge in [0.15, 0.2) is 0 Å². The Bertz CT molecular complexity index is 1100. The Hall–Kier alpha value is -3.73. The fourth-order valence-electron chi connectivity index (χ4n) is 4.02. The number of carbonyl (C=O) groups is 1. The highest BCUT2D eigenvalue weighted by atomic mass is 16.2. The second-order valence-corrected chi connectivity index (χ2v) is 8.54. The molecule has 1 amide bonds. The normalized spacial score (nSPS) is 14.9. The van der Waals surface area contributed by atoms with Crippen molar-refractivity contribution in [2.75, 3.05) is 50.0 Å². The van der Waals surface area contributed by atoms with Gasteiger partial charge in [0, 0.05) is 32.7 Å². The first-order valence-electron chi connectivity index (χ1n) is 11.6. The number of nitriles is 1. The van der Waals surface area contributed by atoms with E-state index in [1.165, 1.54) is 0 Å². The summed E-state index contributed by atoms with van der Waals surface area (Å²) in [7, 11) is 2.13. The first kappa shape index (κ1) is 23.4. The number of nitrogens with zero attached hydrogens (tertiary/aromatic N) is 4. The van der Waals surface area contributed by atoms with Gasteiger partial charge in [0.1, 0.15) is 11.9 Å². The van der Waals surface area contributed by atoms with E-state index in [4.69, 9.17) is 5.26 Å². The van der Waals surface area contributed by atoms with Crippen molar-refractivity contribution in [3.05, 3.63) is 89.6 Å². The highest BCUT2D eigenvalue weighted by Gasteiger charge is 2.21. The zero-order valence-electron chi connectivity index (χ0n) is 19.4. The number of likely N-dealkylation sites (N-methyl/N-ethyl adjacent to an activating group) is 1. The van der Waals surface area contributed by atoms with Gasteiger partial charge in [-0.1, -0.05) is 42.5 Å². The van der Waals surface area contributed by atoms with Crippen LogP contribution in [0, 0.1) is 11.3 Å². The van der Waals surface area contributed by atoms with Crippen molar-refractivity contribution < 1.29 is 4.79 Å². The van der Waals surface area contributed by atoms with Crippen molar-refractivity contribution in [2.45, 2.75) is 12.5 Å². The van der Waals surface area contributed by atoms with Crippen molar-refractivity contribution in [1.82, 2.24) is 15.2 Å². The number of anilines is 2. The summed E-state index contributed by atoms with van der Waals surface area (Å²) in [6.07, 6.45) is 2.58. The molecule has 1 saturated heterocycles. The number of benzene rings is 2. The van der Waals surface area contributed by atoms with Gasteiger partial charge in [-0.25, -0.2) is 4.98 Å². The molecule has 7 nitrogen and oxygen atoms in total. The standard InChI is InChI=1S/C27H30N6O/c1-32-15-17-33(18-16-32)24-11-12-25(30-20-24)31-27(34)26(23-5-3-2-4-6-23)29-14-13-21-7-9-22(19-28)10-8-21/h2-12,20,26,29H,13-18H2,1H3,(H,30,31,34)/t26-/m0/s1. The number of aromatic nitrogens is 1. The number of nitrogens with one attached hydrogen (secondary N) is 2. The molecule has 34 heavy (non-hydrogen) atoms. The van der Waals surface area contributed by atoms with E-state index in [1.54, 1.807) is 0 Å². The van der Waals surface area contributed by atoms with Crippen LogP contribution in [0.1, 0.15) is 22.7 Å². The lowest BCUT2D eigenvalue weighted by Gasteiger charge is -2.33. The number of hydrogen-bond acceptors (Lipinski definition) is 6. The molecule has 4 rings (SSSR count). The molecule has 1 aliphatic heterocycles. The number of hydrogen-bond donors (Lipinski definition) is 2. The van der Waals surface area contributed by atoms with Crippen LogP contribution in [-0.2, 0) is 11.2 Å². The van der Waals surface area contributed by atoms with E-state index in [0.29, 0.717) is 17.9 Å². The Morgan fingerprint density at radius 1 is 1.03 bits per heavy atom. The van der Waals surface area contributed by atoms with E-state index in [9.17, 15) is 4.79 Å². The monoisotopic (exact) mass is 454 g/mol. The van der Waals surface area contributed by atoms with Gasteiger partial charge in [-0.05, 0) is 48.9 Å². The summed E-state index contributed by atoms with van der Waals surface area (Å²) in [6, 6.07) is 22.7. The minimum absolute atomic E-state index is 0.147. The van der Waals surface area contributed by atoms with Crippen LogP contribution in [0.2, 0.25) is 0 Å². The molecule has 2 heterocycles. The molecule has 2 N–H and O–H groups in total. The van der Waals surface area contributed by atoms with Crippen molar-refractivity contribution in [3.63, 3.8) is 0 Å². The third-order valence-electron chi connectivity index (χ3n) is 6.11. The molecule has 0 aliphatic carbocycles. The van der Waals surface area contributed by atoms with Gasteiger partial charge < -0.3 is 20.4 Å². The third kappa shape index (κ3) is 6.19. The summed E-state index contributed by atoms with van der Waals surface area (Å²) in [5, 5.41) is 15.3. The largest absolute Gasteiger partial charge is 0.368 e. The average molecular weight is 455 g/mol. The summed E-state index contributed by atoms with van der Waals surface area (Å²) in [6.45, 7) is 4.64. The second kappa shape index (κ2) is 11.4. The summed E-state index contributed by atoms with van der Waals surface area (Å²) < 4.78 is 0. The first-order valence-corrected chi connectivity index (χ1v) is 11.6. The molecule has 1 fully saturated rings. The molecular weight excluding hydrogens is 424 g/mol. The molecule has 0 radical (unpaired) electrons. The van der Waals surface area contributed by atoms with Crippen LogP contribution >= 0.6 is 0 Å². The molecule has 174 valence electrons. The third-order valence-corrected chi connectivity index (χ3v) is 6.11. The molecule has 0 bridgehead atoms. The van der Waals surface area contributed by atoms with Gasteiger partial charge in [0.25, 0.3) is 0 Å². The van der Waals surface area contributed by atoms with Gasteiger partial charge in [-0.2, -0.15) is 5.26 Å². The fraction of sp³-hybridized carbons (Fsp3) is 0.296. The Kier molecular flexibility index (Phi) is 7.87. The summed E-state index contributed by atoms with van der Waals surface area (Å²) >= 11 is 0. The summed E-state index contributed by atoms with van der Waals surface area (Å²) in [4.78, 5) is 22.3. The lowest BCUT2D eigenvalue weighted by Crippen LogP contribution is -2.44. The molecule has 0 unspecified atom stereocenters. The van der Waals surface area contributed by atoms with Crippen LogP contribution in [0.3, 0.4) is 0 Å². The molecule has 1 aliphatic rings. The molecule has 0 spiro atoms. The van der Waals surface area contributed by atoms with Gasteiger partial charge in [-0.3, -0.25) is 4.79 Å². The number of carbonyl (C=O) groups excluding carboxylic acids is 1. The second-order valence-electron chi connectivity index (χ2n) is 8.54. The predicted octanol–water partition coefficient (Wildman–Crippen LogP) is 3.22. The van der Waals surface area contributed by atoms with Crippen molar-refractivity contribution in [2.24, 2.45) is 0 Å². The van der Waals surface area contributed by atoms with E-state index in [0.717, 1.165) is 49.4 Å². The van der Waals surface area contributed by atoms with Gasteiger partial charge in [-0.15, -0.1) is 0 Å². The Morgan fingerprint density at radius 2 is 1.76 bits per heavy atom. The van der Waals surface area contributed by atoms with Crippen LogP contribution in [0.25, 0.3) is 0 Å². The molecule has 7 heteroatoms. The first-order chi connectivity index (χ1) is 16.6. The molecule has 3 aromatic rings. The number of amides is 1. The van der Waals surface area contributed by atoms with E-state index < -0.39 is 6.04 Å². The van der Waals surface area contributed by atoms with Crippen LogP contribution in [0.4, 0.5) is 11.5 Å². The SMILES string of the molecule is CN1CCN(c2ccc(NC(=O)[C@@H](NCCc3ccc(C#N)cc3)c3ccccc3)nc2)CC1. The average Bonchev–Trinajstić information content (AvgIpc) is 2.88. The Morgan fingerprint density at radius 3 is 2.41 bits per heavy atom. The van der Waals surface area contributed by atoms with E-state index in [-0.39, 0.29) is 5.91 Å². The van der Waals surface area contributed by atoms with Gasteiger partial charge in [0.05, 0.1) is 23.5 Å². The minimum atomic E-state index is -0.501. The Labute approximate surface area is 201 Å². The highest BCUT2D eigenvalue weighted by molar-refractivity contribution is 5.94. The van der Waals surface area contributed by atoms with Crippen molar-refractivity contribution in [3.8, 4) is 6.07 Å².